The molecule has 1 heterocycles. The first-order valence-electron chi connectivity index (χ1n) is 7.15. The average Bonchev–Trinajstić information content (AvgIpc) is 2.89. The second-order valence-electron chi connectivity index (χ2n) is 6.22. The maximum absolute atomic E-state index is 12.8. The third kappa shape index (κ3) is 4.20. The minimum atomic E-state index is -0.555. The van der Waals surface area contributed by atoms with Crippen molar-refractivity contribution in [2.75, 3.05) is 0 Å². The van der Waals surface area contributed by atoms with Crippen LogP contribution in [0.2, 0.25) is 0 Å². The lowest BCUT2D eigenvalue weighted by Gasteiger charge is -2.35. The molecule has 0 saturated carbocycles. The molecule has 0 atom stereocenters. The first kappa shape index (κ1) is 17.7. The molecule has 0 aliphatic heterocycles. The molecule has 2 rings (SSSR count). The predicted octanol–water partition coefficient (Wildman–Crippen LogP) is 4.40. The van der Waals surface area contributed by atoms with Crippen molar-refractivity contribution in [2.24, 2.45) is 0 Å². The molecule has 0 unspecified atom stereocenters. The largest absolute Gasteiger partial charge is 0.281 e. The minimum Gasteiger partial charge on any atom is -0.267 e. The van der Waals surface area contributed by atoms with Crippen LogP contribution in [0.3, 0.4) is 0 Å². The van der Waals surface area contributed by atoms with Crippen molar-refractivity contribution in [1.82, 2.24) is 10.4 Å². The summed E-state index contributed by atoms with van der Waals surface area (Å²) in [7, 11) is 0. The van der Waals surface area contributed by atoms with Gasteiger partial charge < -0.3 is 0 Å². The Kier molecular flexibility index (Phi) is 5.26. The highest BCUT2D eigenvalue weighted by molar-refractivity contribution is 9.10. The summed E-state index contributed by atoms with van der Waals surface area (Å²) in [4.78, 5) is 25.8. The number of hydrogen-bond donors (Lipinski definition) is 1. The number of hydrazine groups is 1. The predicted molar refractivity (Wildman–Crippen MR) is 96.6 cm³/mol. The van der Waals surface area contributed by atoms with Crippen LogP contribution in [-0.2, 0) is 0 Å². The molecule has 2 aromatic rings. The van der Waals surface area contributed by atoms with Crippen LogP contribution in [0, 0.1) is 6.92 Å². The van der Waals surface area contributed by atoms with E-state index in [1.54, 1.807) is 6.07 Å². The van der Waals surface area contributed by atoms with Gasteiger partial charge in [0.1, 0.15) is 4.88 Å². The minimum absolute atomic E-state index is 0.234. The molecule has 1 N–H and O–H groups in total. The van der Waals surface area contributed by atoms with Crippen molar-refractivity contribution in [1.29, 1.82) is 0 Å². The van der Waals surface area contributed by atoms with Crippen molar-refractivity contribution in [2.45, 2.75) is 33.2 Å². The van der Waals surface area contributed by atoms with Gasteiger partial charge in [0.2, 0.25) is 0 Å². The van der Waals surface area contributed by atoms with Crippen molar-refractivity contribution in [3.8, 4) is 0 Å². The van der Waals surface area contributed by atoms with Crippen LogP contribution in [0.1, 0.15) is 46.4 Å². The molecule has 122 valence electrons. The Hall–Kier alpha value is -1.66. The fourth-order valence-corrected chi connectivity index (χ4v) is 3.48. The summed E-state index contributed by atoms with van der Waals surface area (Å²) >= 11 is 4.67. The number of aryl methyl sites for hydroxylation is 1. The topological polar surface area (TPSA) is 49.4 Å². The number of nitrogens with zero attached hydrogens (tertiary/aromatic N) is 1. The molecule has 4 nitrogen and oxygen atoms in total. The van der Waals surface area contributed by atoms with Crippen LogP contribution in [0.5, 0.6) is 0 Å². The highest BCUT2D eigenvalue weighted by Crippen LogP contribution is 2.23. The van der Waals surface area contributed by atoms with Gasteiger partial charge in [-0.05, 0) is 67.2 Å². The number of carbonyl (C=O) groups excluding carboxylic acids is 2. The van der Waals surface area contributed by atoms with Crippen LogP contribution >= 0.6 is 27.3 Å². The smallest absolute Gasteiger partial charge is 0.267 e. The van der Waals surface area contributed by atoms with Gasteiger partial charge in [0.05, 0.1) is 5.54 Å². The molecule has 0 fully saturated rings. The first-order chi connectivity index (χ1) is 10.7. The number of halogens is 1. The van der Waals surface area contributed by atoms with Gasteiger partial charge in [-0.25, -0.2) is 5.01 Å². The molecule has 0 spiro atoms. The summed E-state index contributed by atoms with van der Waals surface area (Å²) in [5.41, 5.74) is 3.73. The lowest BCUT2D eigenvalue weighted by atomic mass is 10.1. The van der Waals surface area contributed by atoms with Crippen molar-refractivity contribution in [3.63, 3.8) is 0 Å². The molecule has 6 heteroatoms. The highest BCUT2D eigenvalue weighted by Gasteiger charge is 2.30. The standard InChI is InChI=1S/C17H19BrN2O2S/c1-11-6-5-7-12(10-11)16(22)20(17(2,3)4)19-15(21)14-13(18)8-9-23-14/h5-10H,1-4H3,(H,19,21). The summed E-state index contributed by atoms with van der Waals surface area (Å²) in [6.45, 7) is 7.57. The SMILES string of the molecule is Cc1cccc(C(=O)N(NC(=O)c2sccc2Br)C(C)(C)C)c1. The Balaban J connectivity index is 2.30. The molecule has 2 amide bonds. The maximum Gasteiger partial charge on any atom is 0.281 e. The van der Waals surface area contributed by atoms with E-state index in [4.69, 9.17) is 0 Å². The van der Waals surface area contributed by atoms with Gasteiger partial charge in [-0.2, -0.15) is 0 Å². The van der Waals surface area contributed by atoms with E-state index < -0.39 is 5.54 Å². The zero-order valence-corrected chi connectivity index (χ0v) is 15.9. The number of hydrogen-bond acceptors (Lipinski definition) is 3. The van der Waals surface area contributed by atoms with E-state index in [-0.39, 0.29) is 11.8 Å². The summed E-state index contributed by atoms with van der Waals surface area (Å²) in [5, 5.41) is 3.21. The fourth-order valence-electron chi connectivity index (χ4n) is 2.04. The number of thiophene rings is 1. The monoisotopic (exact) mass is 394 g/mol. The lowest BCUT2D eigenvalue weighted by molar-refractivity contribution is 0.0360. The summed E-state index contributed by atoms with van der Waals surface area (Å²) in [5.74, 6) is -0.537. The molecule has 0 bridgehead atoms. The zero-order chi connectivity index (χ0) is 17.2. The molecule has 0 saturated heterocycles. The molecule has 1 aromatic carbocycles. The van der Waals surface area contributed by atoms with Crippen LogP contribution in [0.25, 0.3) is 0 Å². The molecule has 0 aliphatic rings. The van der Waals surface area contributed by atoms with Crippen molar-refractivity contribution in [3.05, 3.63) is 56.2 Å². The Morgan fingerprint density at radius 2 is 1.91 bits per heavy atom. The Morgan fingerprint density at radius 3 is 2.43 bits per heavy atom. The number of amides is 2. The van der Waals surface area contributed by atoms with Gasteiger partial charge in [0, 0.05) is 10.0 Å². The Labute approximate surface area is 148 Å². The van der Waals surface area contributed by atoms with Gasteiger partial charge in [0.25, 0.3) is 11.8 Å². The number of benzene rings is 1. The molecule has 0 aliphatic carbocycles. The van der Waals surface area contributed by atoms with Gasteiger partial charge in [-0.15, -0.1) is 11.3 Å². The van der Waals surface area contributed by atoms with E-state index >= 15 is 0 Å². The van der Waals surface area contributed by atoms with Gasteiger partial charge >= 0.3 is 0 Å². The van der Waals surface area contributed by atoms with Crippen LogP contribution in [0.15, 0.2) is 40.2 Å². The maximum atomic E-state index is 12.8. The Bertz CT molecular complexity index is 734. The summed E-state index contributed by atoms with van der Waals surface area (Å²) in [6.07, 6.45) is 0. The number of carbonyl (C=O) groups is 2. The summed E-state index contributed by atoms with van der Waals surface area (Å²) < 4.78 is 0.719. The van der Waals surface area contributed by atoms with Crippen LogP contribution < -0.4 is 5.43 Å². The third-order valence-electron chi connectivity index (χ3n) is 3.18. The van der Waals surface area contributed by atoms with E-state index in [0.717, 1.165) is 10.0 Å². The first-order valence-corrected chi connectivity index (χ1v) is 8.82. The molecule has 1 aromatic heterocycles. The zero-order valence-electron chi connectivity index (χ0n) is 13.5. The van der Waals surface area contributed by atoms with E-state index in [2.05, 4.69) is 21.4 Å². The van der Waals surface area contributed by atoms with E-state index in [0.29, 0.717) is 10.4 Å². The van der Waals surface area contributed by atoms with Gasteiger partial charge in [-0.3, -0.25) is 15.0 Å². The molecule has 0 radical (unpaired) electrons. The van der Waals surface area contributed by atoms with Gasteiger partial charge in [0.15, 0.2) is 0 Å². The average molecular weight is 395 g/mol. The lowest BCUT2D eigenvalue weighted by Crippen LogP contribution is -2.55. The molecular weight excluding hydrogens is 376 g/mol. The number of nitrogens with one attached hydrogen (secondary N) is 1. The van der Waals surface area contributed by atoms with E-state index in [1.165, 1.54) is 16.3 Å². The van der Waals surface area contributed by atoms with E-state index in [1.807, 2.05) is 57.3 Å². The molecule has 23 heavy (non-hydrogen) atoms. The quantitative estimate of drug-likeness (QED) is 0.766. The van der Waals surface area contributed by atoms with E-state index in [9.17, 15) is 9.59 Å². The normalized spacial score (nSPS) is 11.2. The van der Waals surface area contributed by atoms with Crippen molar-refractivity contribution < 1.29 is 9.59 Å². The van der Waals surface area contributed by atoms with Crippen LogP contribution in [-0.4, -0.2) is 22.4 Å². The van der Waals surface area contributed by atoms with Crippen LogP contribution in [0.4, 0.5) is 0 Å². The number of rotatable bonds is 2. The fraction of sp³-hybridized carbons (Fsp3) is 0.294. The van der Waals surface area contributed by atoms with Crippen molar-refractivity contribution >= 4 is 39.1 Å². The second-order valence-corrected chi connectivity index (χ2v) is 7.99. The second kappa shape index (κ2) is 6.84. The Morgan fingerprint density at radius 1 is 1.22 bits per heavy atom. The van der Waals surface area contributed by atoms with Gasteiger partial charge in [-0.1, -0.05) is 17.7 Å². The third-order valence-corrected chi connectivity index (χ3v) is 5.01. The summed E-state index contributed by atoms with van der Waals surface area (Å²) in [6, 6.07) is 9.14. The molecular formula is C17H19BrN2O2S. The highest BCUT2D eigenvalue weighted by atomic mass is 79.9.